The van der Waals surface area contributed by atoms with Crippen LogP contribution in [0.15, 0.2) is 42.5 Å². The molecule has 0 aromatic heterocycles. The Balaban J connectivity index is 2.06. The van der Waals surface area contributed by atoms with Gasteiger partial charge >= 0.3 is 12.1 Å². The van der Waals surface area contributed by atoms with E-state index in [1.807, 2.05) is 0 Å². The Bertz CT molecular complexity index is 842. The van der Waals surface area contributed by atoms with Gasteiger partial charge in [0.05, 0.1) is 6.42 Å². The quantitative estimate of drug-likeness (QED) is 0.485. The number of aryl methyl sites for hydroxylation is 1. The minimum Gasteiger partial charge on any atom is -0.489 e. The van der Waals surface area contributed by atoms with E-state index in [-0.39, 0.29) is 25.4 Å². The lowest BCUT2D eigenvalue weighted by atomic mass is 10.1. The Kier molecular flexibility index (Phi) is 7.58. The Labute approximate surface area is 173 Å². The number of carbonyl (C=O) groups excluding carboxylic acids is 1. The zero-order valence-electron chi connectivity index (χ0n) is 16.6. The second kappa shape index (κ2) is 9.53. The second-order valence-corrected chi connectivity index (χ2v) is 8.18. The van der Waals surface area contributed by atoms with Gasteiger partial charge in [-0.1, -0.05) is 35.9 Å². The number of hydrogen-bond acceptors (Lipinski definition) is 3. The maximum atomic E-state index is 12.5. The Hall–Kier alpha value is -2.21. The summed E-state index contributed by atoms with van der Waals surface area (Å²) in [5, 5.41) is 0.352. The minimum atomic E-state index is -4.22. The number of halogens is 4. The van der Waals surface area contributed by atoms with Crippen LogP contribution in [-0.2, 0) is 29.0 Å². The smallest absolute Gasteiger partial charge is 0.389 e. The van der Waals surface area contributed by atoms with Crippen molar-refractivity contribution < 1.29 is 27.4 Å². The number of ether oxygens (including phenoxy) is 2. The van der Waals surface area contributed by atoms with Gasteiger partial charge in [0.15, 0.2) is 0 Å². The fourth-order valence-corrected chi connectivity index (χ4v) is 3.00. The molecule has 0 aliphatic heterocycles. The first-order chi connectivity index (χ1) is 13.4. The highest BCUT2D eigenvalue weighted by Gasteiger charge is 2.26. The van der Waals surface area contributed by atoms with Crippen LogP contribution in [-0.4, -0.2) is 17.7 Å². The Morgan fingerprint density at radius 2 is 1.69 bits per heavy atom. The van der Waals surface area contributed by atoms with Crippen molar-refractivity contribution in [1.29, 1.82) is 0 Å². The standard InChI is InChI=1S/C22H24ClF3O3/c1-21(2,3)29-20(27)13-17-6-4-5-7-19(17)28-14-16-10-15(11-18(23)12-16)8-9-22(24,25)26/h4-7,10-12H,8-9,13-14H2,1-3H3. The van der Waals surface area contributed by atoms with Crippen LogP contribution in [0.3, 0.4) is 0 Å². The summed E-state index contributed by atoms with van der Waals surface area (Å²) in [5.41, 5.74) is 1.24. The lowest BCUT2D eigenvalue weighted by Gasteiger charge is -2.20. The molecule has 0 heterocycles. The highest BCUT2D eigenvalue weighted by Crippen LogP contribution is 2.26. The van der Waals surface area contributed by atoms with Gasteiger partial charge < -0.3 is 9.47 Å². The molecule has 2 rings (SSSR count). The van der Waals surface area contributed by atoms with Gasteiger partial charge in [-0.15, -0.1) is 0 Å². The summed E-state index contributed by atoms with van der Waals surface area (Å²) in [6, 6.07) is 11.9. The summed E-state index contributed by atoms with van der Waals surface area (Å²) in [7, 11) is 0. The van der Waals surface area contributed by atoms with E-state index >= 15 is 0 Å². The maximum absolute atomic E-state index is 12.5. The third kappa shape index (κ3) is 8.77. The van der Waals surface area contributed by atoms with E-state index in [2.05, 4.69) is 0 Å². The number of benzene rings is 2. The van der Waals surface area contributed by atoms with Gasteiger partial charge in [0.2, 0.25) is 0 Å². The summed E-state index contributed by atoms with van der Waals surface area (Å²) in [6.45, 7) is 5.50. The molecule has 158 valence electrons. The van der Waals surface area contributed by atoms with Crippen LogP contribution >= 0.6 is 11.6 Å². The predicted molar refractivity (Wildman–Crippen MR) is 106 cm³/mol. The van der Waals surface area contributed by atoms with Crippen molar-refractivity contribution in [3.63, 3.8) is 0 Å². The normalized spacial score (nSPS) is 12.0. The van der Waals surface area contributed by atoms with E-state index in [9.17, 15) is 18.0 Å². The maximum Gasteiger partial charge on any atom is 0.389 e. The molecule has 0 atom stereocenters. The van der Waals surface area contributed by atoms with Crippen LogP contribution < -0.4 is 4.74 Å². The van der Waals surface area contributed by atoms with Gasteiger partial charge in [0.25, 0.3) is 0 Å². The Morgan fingerprint density at radius 1 is 1.03 bits per heavy atom. The number of hydrogen-bond donors (Lipinski definition) is 0. The molecule has 0 radical (unpaired) electrons. The van der Waals surface area contributed by atoms with E-state index in [1.54, 1.807) is 57.2 Å². The van der Waals surface area contributed by atoms with Crippen molar-refractivity contribution in [3.8, 4) is 5.75 Å². The summed E-state index contributed by atoms with van der Waals surface area (Å²) in [6.07, 6.45) is -5.22. The van der Waals surface area contributed by atoms with E-state index in [0.29, 0.717) is 27.5 Å². The molecule has 0 spiro atoms. The zero-order chi connectivity index (χ0) is 21.7. The molecule has 3 nitrogen and oxygen atoms in total. The first-order valence-corrected chi connectivity index (χ1v) is 9.57. The number of alkyl halides is 3. The highest BCUT2D eigenvalue weighted by molar-refractivity contribution is 6.30. The molecule has 0 N–H and O–H groups in total. The van der Waals surface area contributed by atoms with Crippen LogP contribution in [0, 0.1) is 0 Å². The average Bonchev–Trinajstić information content (AvgIpc) is 2.56. The van der Waals surface area contributed by atoms with Crippen molar-refractivity contribution in [3.05, 3.63) is 64.2 Å². The SMILES string of the molecule is CC(C)(C)OC(=O)Cc1ccccc1OCc1cc(Cl)cc(CCC(F)(F)F)c1. The molecule has 0 saturated carbocycles. The molecule has 0 unspecified atom stereocenters. The monoisotopic (exact) mass is 428 g/mol. The molecular weight excluding hydrogens is 405 g/mol. The molecule has 0 bridgehead atoms. The molecular formula is C22H24ClF3O3. The highest BCUT2D eigenvalue weighted by atomic mass is 35.5. The third-order valence-corrected chi connectivity index (χ3v) is 4.05. The molecule has 0 aliphatic rings. The fraction of sp³-hybridized carbons (Fsp3) is 0.409. The van der Waals surface area contributed by atoms with Gasteiger partial charge in [0, 0.05) is 17.0 Å². The van der Waals surface area contributed by atoms with Crippen molar-refractivity contribution in [1.82, 2.24) is 0 Å². The van der Waals surface area contributed by atoms with Gasteiger partial charge in [-0.2, -0.15) is 13.2 Å². The zero-order valence-corrected chi connectivity index (χ0v) is 17.4. The minimum absolute atomic E-state index is 0.0554. The van der Waals surface area contributed by atoms with Crippen LogP contribution in [0.25, 0.3) is 0 Å². The summed E-state index contributed by atoms with van der Waals surface area (Å²) in [4.78, 5) is 12.1. The topological polar surface area (TPSA) is 35.5 Å². The van der Waals surface area contributed by atoms with E-state index in [1.165, 1.54) is 6.07 Å². The number of rotatable bonds is 7. The summed E-state index contributed by atoms with van der Waals surface area (Å²) < 4.78 is 48.6. The molecule has 0 aliphatic carbocycles. The van der Waals surface area contributed by atoms with E-state index in [0.717, 1.165) is 0 Å². The van der Waals surface area contributed by atoms with Crippen molar-refractivity contribution >= 4 is 17.6 Å². The lowest BCUT2D eigenvalue weighted by Crippen LogP contribution is -2.25. The van der Waals surface area contributed by atoms with E-state index < -0.39 is 18.2 Å². The molecule has 29 heavy (non-hydrogen) atoms. The second-order valence-electron chi connectivity index (χ2n) is 7.74. The predicted octanol–water partition coefficient (Wildman–Crippen LogP) is 6.30. The Morgan fingerprint density at radius 3 is 2.34 bits per heavy atom. The molecule has 0 fully saturated rings. The molecule has 2 aromatic rings. The first-order valence-electron chi connectivity index (χ1n) is 9.19. The number of carbonyl (C=O) groups is 1. The van der Waals surface area contributed by atoms with Crippen LogP contribution in [0.2, 0.25) is 5.02 Å². The van der Waals surface area contributed by atoms with Crippen LogP contribution in [0.5, 0.6) is 5.75 Å². The fourth-order valence-electron chi connectivity index (χ4n) is 2.72. The lowest BCUT2D eigenvalue weighted by molar-refractivity contribution is -0.154. The third-order valence-electron chi connectivity index (χ3n) is 3.84. The van der Waals surface area contributed by atoms with Gasteiger partial charge in [-0.05, 0) is 56.5 Å². The number of esters is 1. The van der Waals surface area contributed by atoms with Crippen molar-refractivity contribution in [2.24, 2.45) is 0 Å². The van der Waals surface area contributed by atoms with Crippen molar-refractivity contribution in [2.45, 2.75) is 58.4 Å². The van der Waals surface area contributed by atoms with Crippen LogP contribution in [0.4, 0.5) is 13.2 Å². The largest absolute Gasteiger partial charge is 0.489 e. The van der Waals surface area contributed by atoms with Gasteiger partial charge in [-0.25, -0.2) is 0 Å². The first kappa shape index (κ1) is 23.1. The molecule has 7 heteroatoms. The molecule has 2 aromatic carbocycles. The number of para-hydroxylation sites is 1. The van der Waals surface area contributed by atoms with Gasteiger partial charge in [-0.3, -0.25) is 4.79 Å². The molecule has 0 amide bonds. The average molecular weight is 429 g/mol. The van der Waals surface area contributed by atoms with Crippen LogP contribution in [0.1, 0.15) is 43.9 Å². The van der Waals surface area contributed by atoms with E-state index in [4.69, 9.17) is 21.1 Å². The summed E-state index contributed by atoms with van der Waals surface area (Å²) in [5.74, 6) is 0.140. The van der Waals surface area contributed by atoms with Crippen molar-refractivity contribution in [2.75, 3.05) is 0 Å². The summed E-state index contributed by atoms with van der Waals surface area (Å²) >= 11 is 6.05. The van der Waals surface area contributed by atoms with Gasteiger partial charge in [0.1, 0.15) is 18.0 Å². The molecule has 0 saturated heterocycles.